The van der Waals surface area contributed by atoms with Crippen molar-refractivity contribution >= 4 is 5.96 Å². The predicted octanol–water partition coefficient (Wildman–Crippen LogP) is 3.50. The molecule has 0 saturated heterocycles. The Labute approximate surface area is 166 Å². The summed E-state index contributed by atoms with van der Waals surface area (Å²) in [6, 6.07) is 13.9. The highest BCUT2D eigenvalue weighted by Crippen LogP contribution is 2.27. The fraction of sp³-hybridized carbons (Fsp3) is 0.409. The average Bonchev–Trinajstić information content (AvgIpc) is 2.71. The van der Waals surface area contributed by atoms with Crippen LogP contribution in [0.3, 0.4) is 0 Å². The first-order valence-electron chi connectivity index (χ1n) is 9.63. The summed E-state index contributed by atoms with van der Waals surface area (Å²) in [6.45, 7) is 1.23. The van der Waals surface area contributed by atoms with Gasteiger partial charge in [0.1, 0.15) is 17.2 Å². The van der Waals surface area contributed by atoms with Crippen molar-refractivity contribution in [1.29, 1.82) is 0 Å². The molecule has 1 aliphatic carbocycles. The fourth-order valence-corrected chi connectivity index (χ4v) is 3.01. The molecule has 2 aromatic rings. The molecule has 0 radical (unpaired) electrons. The Kier molecular flexibility index (Phi) is 7.00. The lowest BCUT2D eigenvalue weighted by molar-refractivity contribution is 0.119. The molecule has 1 aliphatic rings. The van der Waals surface area contributed by atoms with Crippen molar-refractivity contribution in [1.82, 2.24) is 10.6 Å². The quantitative estimate of drug-likeness (QED) is 0.540. The first-order chi connectivity index (χ1) is 13.7. The molecule has 150 valence electrons. The summed E-state index contributed by atoms with van der Waals surface area (Å²) in [5, 5.41) is 6.69. The molecule has 2 N–H and O–H groups in total. The lowest BCUT2D eigenvalue weighted by Crippen LogP contribution is -2.36. The number of nitrogens with zero attached hydrogens (tertiary/aromatic N) is 1. The number of methoxy groups -OCH3 is 2. The van der Waals surface area contributed by atoms with Crippen molar-refractivity contribution in [3.8, 4) is 17.2 Å². The van der Waals surface area contributed by atoms with Crippen LogP contribution in [0.2, 0.25) is 0 Å². The van der Waals surface area contributed by atoms with Gasteiger partial charge in [-0.15, -0.1) is 0 Å². The third-order valence-electron chi connectivity index (χ3n) is 4.93. The SMILES string of the molecule is CN=C(NCc1ccc(OC)cc1OC)NCc1ccccc1OC1CCC1. The number of aliphatic imine (C=N–C) groups is 1. The normalized spacial score (nSPS) is 14.2. The van der Waals surface area contributed by atoms with Gasteiger partial charge in [0, 0.05) is 37.3 Å². The van der Waals surface area contributed by atoms with Gasteiger partial charge >= 0.3 is 0 Å². The number of hydrogen-bond acceptors (Lipinski definition) is 4. The maximum atomic E-state index is 6.10. The molecule has 6 nitrogen and oxygen atoms in total. The summed E-state index contributed by atoms with van der Waals surface area (Å²) in [4.78, 5) is 4.31. The monoisotopic (exact) mass is 383 g/mol. The standard InChI is InChI=1S/C22H29N3O3/c1-23-22(25-15-17-11-12-19(26-2)13-21(17)27-3)24-14-16-7-4-5-10-20(16)28-18-8-6-9-18/h4-5,7,10-13,18H,6,8-9,14-15H2,1-3H3,(H2,23,24,25). The molecule has 3 rings (SSSR count). The number of hydrogen-bond donors (Lipinski definition) is 2. The Hall–Kier alpha value is -2.89. The van der Waals surface area contributed by atoms with Gasteiger partial charge in [0.2, 0.25) is 0 Å². The Bertz CT molecular complexity index is 803. The third kappa shape index (κ3) is 5.09. The number of ether oxygens (including phenoxy) is 3. The summed E-state index contributed by atoms with van der Waals surface area (Å²) in [5.41, 5.74) is 2.15. The minimum atomic E-state index is 0.362. The zero-order chi connectivity index (χ0) is 19.8. The summed E-state index contributed by atoms with van der Waals surface area (Å²) in [5.74, 6) is 3.22. The number of para-hydroxylation sites is 1. The zero-order valence-corrected chi connectivity index (χ0v) is 16.8. The molecule has 0 atom stereocenters. The van der Waals surface area contributed by atoms with E-state index < -0.39 is 0 Å². The third-order valence-corrected chi connectivity index (χ3v) is 4.93. The highest BCUT2D eigenvalue weighted by atomic mass is 16.5. The molecule has 1 saturated carbocycles. The first-order valence-corrected chi connectivity index (χ1v) is 9.63. The Morgan fingerprint density at radius 2 is 1.68 bits per heavy atom. The van der Waals surface area contributed by atoms with Crippen LogP contribution in [0.15, 0.2) is 47.5 Å². The number of rotatable bonds is 8. The van der Waals surface area contributed by atoms with Crippen LogP contribution in [-0.4, -0.2) is 33.3 Å². The molecule has 0 amide bonds. The van der Waals surface area contributed by atoms with Crippen molar-refractivity contribution in [3.05, 3.63) is 53.6 Å². The highest BCUT2D eigenvalue weighted by Gasteiger charge is 2.20. The van der Waals surface area contributed by atoms with E-state index in [4.69, 9.17) is 14.2 Å². The lowest BCUT2D eigenvalue weighted by atomic mass is 9.96. The largest absolute Gasteiger partial charge is 0.497 e. The van der Waals surface area contributed by atoms with Gasteiger partial charge in [0.15, 0.2) is 5.96 Å². The van der Waals surface area contributed by atoms with Crippen molar-refractivity contribution in [2.24, 2.45) is 4.99 Å². The molecular weight excluding hydrogens is 354 g/mol. The Morgan fingerprint density at radius 3 is 2.29 bits per heavy atom. The molecule has 6 heteroatoms. The van der Waals surface area contributed by atoms with Gasteiger partial charge in [0.25, 0.3) is 0 Å². The number of guanidine groups is 1. The maximum absolute atomic E-state index is 6.10. The predicted molar refractivity (Wildman–Crippen MR) is 111 cm³/mol. The van der Waals surface area contributed by atoms with E-state index in [0.29, 0.717) is 19.2 Å². The highest BCUT2D eigenvalue weighted by molar-refractivity contribution is 5.79. The lowest BCUT2D eigenvalue weighted by Gasteiger charge is -2.27. The van der Waals surface area contributed by atoms with Crippen molar-refractivity contribution in [2.75, 3.05) is 21.3 Å². The maximum Gasteiger partial charge on any atom is 0.191 e. The Morgan fingerprint density at radius 1 is 0.964 bits per heavy atom. The second-order valence-corrected chi connectivity index (χ2v) is 6.74. The van der Waals surface area contributed by atoms with Crippen molar-refractivity contribution in [2.45, 2.75) is 38.5 Å². The summed E-state index contributed by atoms with van der Waals surface area (Å²) in [6.07, 6.45) is 3.92. The van der Waals surface area contributed by atoms with Gasteiger partial charge in [-0.3, -0.25) is 4.99 Å². The van der Waals surface area contributed by atoms with E-state index in [-0.39, 0.29) is 0 Å². The van der Waals surface area contributed by atoms with E-state index in [2.05, 4.69) is 21.7 Å². The van der Waals surface area contributed by atoms with Gasteiger partial charge in [-0.1, -0.05) is 18.2 Å². The molecule has 28 heavy (non-hydrogen) atoms. The van der Waals surface area contributed by atoms with Crippen LogP contribution in [0.25, 0.3) is 0 Å². The topological polar surface area (TPSA) is 64.1 Å². The van der Waals surface area contributed by atoms with Crippen LogP contribution in [0.4, 0.5) is 0 Å². The van der Waals surface area contributed by atoms with Crippen LogP contribution < -0.4 is 24.8 Å². The van der Waals surface area contributed by atoms with E-state index >= 15 is 0 Å². The molecule has 1 fully saturated rings. The molecule has 0 unspecified atom stereocenters. The summed E-state index contributed by atoms with van der Waals surface area (Å²) >= 11 is 0. The minimum Gasteiger partial charge on any atom is -0.497 e. The van der Waals surface area contributed by atoms with Crippen LogP contribution in [0.5, 0.6) is 17.2 Å². The second-order valence-electron chi connectivity index (χ2n) is 6.74. The molecule has 0 aliphatic heterocycles. The van der Waals surface area contributed by atoms with E-state index in [1.165, 1.54) is 6.42 Å². The zero-order valence-electron chi connectivity index (χ0n) is 16.8. The van der Waals surface area contributed by atoms with Gasteiger partial charge in [-0.05, 0) is 37.5 Å². The van der Waals surface area contributed by atoms with E-state index in [1.54, 1.807) is 21.3 Å². The van der Waals surface area contributed by atoms with Gasteiger partial charge in [-0.2, -0.15) is 0 Å². The van der Waals surface area contributed by atoms with E-state index in [1.807, 2.05) is 36.4 Å². The second kappa shape index (κ2) is 9.88. The van der Waals surface area contributed by atoms with Crippen LogP contribution in [0.1, 0.15) is 30.4 Å². The van der Waals surface area contributed by atoms with E-state index in [9.17, 15) is 0 Å². The van der Waals surface area contributed by atoms with Crippen LogP contribution in [-0.2, 0) is 13.1 Å². The number of benzene rings is 2. The smallest absolute Gasteiger partial charge is 0.191 e. The average molecular weight is 383 g/mol. The molecule has 2 aromatic carbocycles. The van der Waals surface area contributed by atoms with Gasteiger partial charge < -0.3 is 24.8 Å². The minimum absolute atomic E-state index is 0.362. The Balaban J connectivity index is 1.57. The van der Waals surface area contributed by atoms with Gasteiger partial charge in [-0.25, -0.2) is 0 Å². The summed E-state index contributed by atoms with van der Waals surface area (Å²) in [7, 11) is 5.06. The van der Waals surface area contributed by atoms with Crippen LogP contribution in [0, 0.1) is 0 Å². The molecular formula is C22H29N3O3. The number of nitrogens with one attached hydrogen (secondary N) is 2. The molecule has 0 bridgehead atoms. The van der Waals surface area contributed by atoms with Gasteiger partial charge in [0.05, 0.1) is 20.3 Å². The van der Waals surface area contributed by atoms with Crippen molar-refractivity contribution < 1.29 is 14.2 Å². The molecule has 0 spiro atoms. The first kappa shape index (κ1) is 19.9. The summed E-state index contributed by atoms with van der Waals surface area (Å²) < 4.78 is 16.8. The molecule has 0 aromatic heterocycles. The molecule has 0 heterocycles. The van der Waals surface area contributed by atoms with E-state index in [0.717, 1.165) is 47.2 Å². The van der Waals surface area contributed by atoms with Crippen LogP contribution >= 0.6 is 0 Å². The fourth-order valence-electron chi connectivity index (χ4n) is 3.01. The van der Waals surface area contributed by atoms with Crippen molar-refractivity contribution in [3.63, 3.8) is 0 Å².